The SMILES string of the molecule is CC1COC(CCl)CN1Cc1cccc2ccccc12. The molecule has 0 aliphatic carbocycles. The van der Waals surface area contributed by atoms with Gasteiger partial charge < -0.3 is 4.74 Å². The highest BCUT2D eigenvalue weighted by molar-refractivity contribution is 6.18. The highest BCUT2D eigenvalue weighted by atomic mass is 35.5. The molecule has 20 heavy (non-hydrogen) atoms. The van der Waals surface area contributed by atoms with Gasteiger partial charge in [0.1, 0.15) is 0 Å². The summed E-state index contributed by atoms with van der Waals surface area (Å²) < 4.78 is 5.72. The molecule has 1 aliphatic heterocycles. The zero-order valence-electron chi connectivity index (χ0n) is 11.8. The van der Waals surface area contributed by atoms with Crippen molar-refractivity contribution in [2.75, 3.05) is 19.0 Å². The Hall–Kier alpha value is -1.09. The van der Waals surface area contributed by atoms with Crippen LogP contribution in [0.5, 0.6) is 0 Å². The number of rotatable bonds is 3. The quantitative estimate of drug-likeness (QED) is 0.800. The van der Waals surface area contributed by atoms with Crippen molar-refractivity contribution in [2.45, 2.75) is 25.6 Å². The number of fused-ring (bicyclic) bond motifs is 1. The average Bonchev–Trinajstić information content (AvgIpc) is 2.50. The third-order valence-corrected chi connectivity index (χ3v) is 4.40. The van der Waals surface area contributed by atoms with Gasteiger partial charge in [0.2, 0.25) is 0 Å². The van der Waals surface area contributed by atoms with Crippen molar-refractivity contribution in [3.63, 3.8) is 0 Å². The van der Waals surface area contributed by atoms with E-state index in [1.165, 1.54) is 16.3 Å². The van der Waals surface area contributed by atoms with E-state index in [2.05, 4.69) is 54.3 Å². The Morgan fingerprint density at radius 3 is 2.85 bits per heavy atom. The maximum atomic E-state index is 5.94. The third kappa shape index (κ3) is 2.83. The average molecular weight is 290 g/mol. The van der Waals surface area contributed by atoms with Crippen molar-refractivity contribution in [3.8, 4) is 0 Å². The van der Waals surface area contributed by atoms with E-state index in [4.69, 9.17) is 16.3 Å². The molecule has 3 heteroatoms. The van der Waals surface area contributed by atoms with Crippen LogP contribution in [0.3, 0.4) is 0 Å². The van der Waals surface area contributed by atoms with E-state index in [1.54, 1.807) is 0 Å². The Morgan fingerprint density at radius 1 is 1.20 bits per heavy atom. The first-order chi connectivity index (χ1) is 9.78. The zero-order valence-corrected chi connectivity index (χ0v) is 12.5. The lowest BCUT2D eigenvalue weighted by molar-refractivity contribution is -0.0509. The molecular formula is C17H20ClNO. The normalized spacial score (nSPS) is 24.1. The lowest BCUT2D eigenvalue weighted by atomic mass is 10.0. The Balaban J connectivity index is 1.85. The van der Waals surface area contributed by atoms with Gasteiger partial charge in [-0.3, -0.25) is 4.90 Å². The number of alkyl halides is 1. The molecule has 2 unspecified atom stereocenters. The predicted molar refractivity (Wildman–Crippen MR) is 84.3 cm³/mol. The molecule has 1 fully saturated rings. The molecule has 1 heterocycles. The summed E-state index contributed by atoms with van der Waals surface area (Å²) in [4.78, 5) is 2.47. The molecular weight excluding hydrogens is 270 g/mol. The number of hydrogen-bond donors (Lipinski definition) is 0. The fraction of sp³-hybridized carbons (Fsp3) is 0.412. The molecule has 2 aromatic rings. The monoisotopic (exact) mass is 289 g/mol. The van der Waals surface area contributed by atoms with Gasteiger partial charge in [0.15, 0.2) is 0 Å². The number of hydrogen-bond acceptors (Lipinski definition) is 2. The maximum Gasteiger partial charge on any atom is 0.0838 e. The molecule has 0 amide bonds. The molecule has 0 radical (unpaired) electrons. The van der Waals surface area contributed by atoms with Crippen LogP contribution in [0.15, 0.2) is 42.5 Å². The Kier molecular flexibility index (Phi) is 4.25. The first kappa shape index (κ1) is 13.9. The van der Waals surface area contributed by atoms with Gasteiger partial charge in [0, 0.05) is 25.0 Å². The van der Waals surface area contributed by atoms with E-state index in [-0.39, 0.29) is 6.10 Å². The van der Waals surface area contributed by atoms with Crippen LogP contribution in [0.25, 0.3) is 10.8 Å². The highest BCUT2D eigenvalue weighted by Crippen LogP contribution is 2.22. The number of benzene rings is 2. The molecule has 0 aromatic heterocycles. The van der Waals surface area contributed by atoms with Crippen LogP contribution < -0.4 is 0 Å². The number of ether oxygens (including phenoxy) is 1. The smallest absolute Gasteiger partial charge is 0.0838 e. The van der Waals surface area contributed by atoms with Gasteiger partial charge in [-0.05, 0) is 23.3 Å². The van der Waals surface area contributed by atoms with E-state index in [0.717, 1.165) is 19.7 Å². The summed E-state index contributed by atoms with van der Waals surface area (Å²) in [6.45, 7) is 4.85. The maximum absolute atomic E-state index is 5.94. The molecule has 3 rings (SSSR count). The molecule has 0 saturated carbocycles. The van der Waals surface area contributed by atoms with Gasteiger partial charge in [-0.1, -0.05) is 42.5 Å². The first-order valence-corrected chi connectivity index (χ1v) is 7.69. The highest BCUT2D eigenvalue weighted by Gasteiger charge is 2.25. The van der Waals surface area contributed by atoms with Crippen molar-refractivity contribution >= 4 is 22.4 Å². The second-order valence-corrected chi connectivity index (χ2v) is 5.83. The molecule has 0 spiro atoms. The standard InChI is InChI=1S/C17H20ClNO/c1-13-12-20-16(9-18)11-19(13)10-15-7-4-6-14-5-2-3-8-17(14)15/h2-8,13,16H,9-12H2,1H3. The molecule has 2 aromatic carbocycles. The number of halogens is 1. The molecule has 0 N–H and O–H groups in total. The molecule has 2 atom stereocenters. The lowest BCUT2D eigenvalue weighted by Gasteiger charge is -2.37. The second-order valence-electron chi connectivity index (χ2n) is 5.53. The summed E-state index contributed by atoms with van der Waals surface area (Å²) in [6.07, 6.45) is 0.155. The predicted octanol–water partition coefficient (Wildman–Crippen LogP) is 3.67. The van der Waals surface area contributed by atoms with E-state index >= 15 is 0 Å². The fourth-order valence-electron chi connectivity index (χ4n) is 2.84. The summed E-state index contributed by atoms with van der Waals surface area (Å²) in [5.41, 5.74) is 1.38. The summed E-state index contributed by atoms with van der Waals surface area (Å²) in [6, 6.07) is 15.5. The minimum atomic E-state index is 0.155. The minimum Gasteiger partial charge on any atom is -0.374 e. The van der Waals surface area contributed by atoms with Crippen LogP contribution >= 0.6 is 11.6 Å². The molecule has 0 bridgehead atoms. The van der Waals surface area contributed by atoms with E-state index in [1.807, 2.05) is 0 Å². The number of nitrogens with zero attached hydrogens (tertiary/aromatic N) is 1. The van der Waals surface area contributed by atoms with Gasteiger partial charge in [-0.2, -0.15) is 0 Å². The molecule has 1 saturated heterocycles. The first-order valence-electron chi connectivity index (χ1n) is 7.16. The van der Waals surface area contributed by atoms with Gasteiger partial charge in [0.25, 0.3) is 0 Å². The van der Waals surface area contributed by atoms with Crippen molar-refractivity contribution < 1.29 is 4.74 Å². The number of morpholine rings is 1. The third-order valence-electron chi connectivity index (χ3n) is 4.06. The Morgan fingerprint density at radius 2 is 2.00 bits per heavy atom. The molecule has 106 valence electrons. The fourth-order valence-corrected chi connectivity index (χ4v) is 3.02. The molecule has 2 nitrogen and oxygen atoms in total. The van der Waals surface area contributed by atoms with Gasteiger partial charge >= 0.3 is 0 Å². The zero-order chi connectivity index (χ0) is 13.9. The minimum absolute atomic E-state index is 0.155. The van der Waals surface area contributed by atoms with Crippen LogP contribution in [0.2, 0.25) is 0 Å². The van der Waals surface area contributed by atoms with Crippen molar-refractivity contribution in [3.05, 3.63) is 48.0 Å². The Labute approximate surface area is 125 Å². The van der Waals surface area contributed by atoms with E-state index in [9.17, 15) is 0 Å². The molecule has 1 aliphatic rings. The topological polar surface area (TPSA) is 12.5 Å². The van der Waals surface area contributed by atoms with Crippen LogP contribution in [0, 0.1) is 0 Å². The van der Waals surface area contributed by atoms with Gasteiger partial charge in [0.05, 0.1) is 12.7 Å². The van der Waals surface area contributed by atoms with Gasteiger partial charge in [-0.25, -0.2) is 0 Å². The van der Waals surface area contributed by atoms with E-state index < -0.39 is 0 Å². The van der Waals surface area contributed by atoms with Crippen LogP contribution in [0.1, 0.15) is 12.5 Å². The summed E-state index contributed by atoms with van der Waals surface area (Å²) in [5, 5.41) is 2.65. The van der Waals surface area contributed by atoms with Crippen LogP contribution in [-0.2, 0) is 11.3 Å². The van der Waals surface area contributed by atoms with Crippen molar-refractivity contribution in [1.82, 2.24) is 4.90 Å². The second kappa shape index (κ2) is 6.13. The summed E-state index contributed by atoms with van der Waals surface area (Å²) in [7, 11) is 0. The van der Waals surface area contributed by atoms with Crippen LogP contribution in [-0.4, -0.2) is 36.1 Å². The summed E-state index contributed by atoms with van der Waals surface area (Å²) in [5.74, 6) is 0.568. The Bertz CT molecular complexity index is 581. The van der Waals surface area contributed by atoms with E-state index in [0.29, 0.717) is 11.9 Å². The lowest BCUT2D eigenvalue weighted by Crippen LogP contribution is -2.48. The van der Waals surface area contributed by atoms with Crippen LogP contribution in [0.4, 0.5) is 0 Å². The van der Waals surface area contributed by atoms with Crippen molar-refractivity contribution in [2.24, 2.45) is 0 Å². The van der Waals surface area contributed by atoms with Crippen molar-refractivity contribution in [1.29, 1.82) is 0 Å². The largest absolute Gasteiger partial charge is 0.374 e. The van der Waals surface area contributed by atoms with Gasteiger partial charge in [-0.15, -0.1) is 11.6 Å². The summed E-state index contributed by atoms with van der Waals surface area (Å²) >= 11 is 5.94.